The summed E-state index contributed by atoms with van der Waals surface area (Å²) in [6.07, 6.45) is -2.81. The number of aromatic nitrogens is 2. The highest BCUT2D eigenvalue weighted by molar-refractivity contribution is 5.95. The lowest BCUT2D eigenvalue weighted by Gasteiger charge is -2.35. The molecule has 1 aromatic heterocycles. The minimum atomic E-state index is -4.69. The molecule has 0 N–H and O–H groups in total. The quantitative estimate of drug-likeness (QED) is 0.674. The van der Waals surface area contributed by atoms with Crippen molar-refractivity contribution >= 4 is 11.8 Å². The third kappa shape index (κ3) is 5.23. The van der Waals surface area contributed by atoms with E-state index in [2.05, 4.69) is 5.10 Å². The van der Waals surface area contributed by atoms with Crippen LogP contribution in [0, 0.1) is 0 Å². The normalized spacial score (nSPS) is 14.7. The van der Waals surface area contributed by atoms with Crippen LogP contribution < -0.4 is 4.74 Å². The Balaban J connectivity index is 1.58. The van der Waals surface area contributed by atoms with Crippen molar-refractivity contribution in [2.45, 2.75) is 38.9 Å². The molecular formula is C22H27F3N4O3. The first-order valence-corrected chi connectivity index (χ1v) is 10.5. The summed E-state index contributed by atoms with van der Waals surface area (Å²) in [6.45, 7) is 4.08. The van der Waals surface area contributed by atoms with Gasteiger partial charge in [-0.2, -0.15) is 18.3 Å². The lowest BCUT2D eigenvalue weighted by Crippen LogP contribution is -2.50. The number of carbonyl (C=O) groups excluding carboxylic acids is 2. The second kappa shape index (κ2) is 9.62. The highest BCUT2D eigenvalue weighted by Gasteiger charge is 2.41. The summed E-state index contributed by atoms with van der Waals surface area (Å²) in [5, 5.41) is 3.78. The Labute approximate surface area is 184 Å². The summed E-state index contributed by atoms with van der Waals surface area (Å²) in [7, 11) is 1.59. The smallest absolute Gasteiger partial charge is 0.433 e. The predicted molar refractivity (Wildman–Crippen MR) is 111 cm³/mol. The Morgan fingerprint density at radius 3 is 2.19 bits per heavy atom. The van der Waals surface area contributed by atoms with Gasteiger partial charge in [0.2, 0.25) is 5.91 Å². The molecule has 2 heterocycles. The summed E-state index contributed by atoms with van der Waals surface area (Å²) in [4.78, 5) is 28.3. The molecule has 1 saturated heterocycles. The van der Waals surface area contributed by atoms with Crippen molar-refractivity contribution in [1.82, 2.24) is 19.6 Å². The third-order valence-corrected chi connectivity index (χ3v) is 5.49. The van der Waals surface area contributed by atoms with Crippen LogP contribution in [0.3, 0.4) is 0 Å². The lowest BCUT2D eigenvalue weighted by molar-refractivity contribution is -0.145. The number of piperazine rings is 1. The van der Waals surface area contributed by atoms with Crippen molar-refractivity contribution in [3.8, 4) is 5.75 Å². The summed E-state index contributed by atoms with van der Waals surface area (Å²) in [6, 6.07) is 6.94. The molecule has 3 rings (SSSR count). The molecule has 2 aromatic rings. The number of hydrogen-bond acceptors (Lipinski definition) is 4. The molecular weight excluding hydrogens is 425 g/mol. The maximum absolute atomic E-state index is 13.6. The van der Waals surface area contributed by atoms with Crippen molar-refractivity contribution in [2.75, 3.05) is 33.3 Å². The number of hydrogen-bond donors (Lipinski definition) is 0. The van der Waals surface area contributed by atoms with Crippen molar-refractivity contribution < 1.29 is 27.5 Å². The molecule has 0 bridgehead atoms. The minimum absolute atomic E-state index is 0.0449. The van der Waals surface area contributed by atoms with Gasteiger partial charge in [0, 0.05) is 38.6 Å². The molecule has 1 aliphatic rings. The number of ether oxygens (including phenoxy) is 1. The molecule has 0 radical (unpaired) electrons. The fourth-order valence-corrected chi connectivity index (χ4v) is 3.72. The molecule has 0 aliphatic carbocycles. The van der Waals surface area contributed by atoms with Gasteiger partial charge in [0.05, 0.1) is 18.9 Å². The number of alkyl halides is 3. The highest BCUT2D eigenvalue weighted by atomic mass is 19.4. The van der Waals surface area contributed by atoms with Gasteiger partial charge in [-0.05, 0) is 38.0 Å². The van der Waals surface area contributed by atoms with Gasteiger partial charge in [-0.25, -0.2) is 0 Å². The largest absolute Gasteiger partial charge is 0.497 e. The minimum Gasteiger partial charge on any atom is -0.497 e. The predicted octanol–water partition coefficient (Wildman–Crippen LogP) is 3.41. The van der Waals surface area contributed by atoms with E-state index in [1.165, 1.54) is 4.90 Å². The van der Waals surface area contributed by atoms with Crippen LogP contribution in [0.2, 0.25) is 0 Å². The van der Waals surface area contributed by atoms with Crippen LogP contribution in [0.15, 0.2) is 30.5 Å². The summed E-state index contributed by atoms with van der Waals surface area (Å²) >= 11 is 0. The van der Waals surface area contributed by atoms with E-state index in [1.54, 1.807) is 25.9 Å². The first-order chi connectivity index (χ1) is 15.1. The second-order valence-corrected chi connectivity index (χ2v) is 7.96. The molecule has 0 atom stereocenters. The van der Waals surface area contributed by atoms with Crippen LogP contribution in [-0.2, 0) is 17.4 Å². The molecule has 32 heavy (non-hydrogen) atoms. The lowest BCUT2D eigenvalue weighted by atomic mass is 10.1. The maximum atomic E-state index is 13.6. The van der Waals surface area contributed by atoms with E-state index in [1.807, 2.05) is 24.3 Å². The van der Waals surface area contributed by atoms with Crippen LogP contribution in [0.5, 0.6) is 5.75 Å². The standard InChI is InChI=1S/C22H27F3N4O3/c1-15(2)29-20(22(23,24)25)18(14-26-29)21(31)28-12-10-27(11-13-28)19(30)9-6-16-4-7-17(32-3)8-5-16/h4-5,7-8,14-15H,6,9-13H2,1-3H3. The van der Waals surface area contributed by atoms with E-state index in [4.69, 9.17) is 4.74 Å². The summed E-state index contributed by atoms with van der Waals surface area (Å²) in [5.74, 6) is -0.0143. The number of amides is 2. The van der Waals surface area contributed by atoms with E-state index in [-0.39, 0.29) is 32.1 Å². The van der Waals surface area contributed by atoms with E-state index in [0.29, 0.717) is 12.8 Å². The number of nitrogens with zero attached hydrogens (tertiary/aromatic N) is 4. The molecule has 7 nitrogen and oxygen atoms in total. The second-order valence-electron chi connectivity index (χ2n) is 7.96. The van der Waals surface area contributed by atoms with Crippen molar-refractivity contribution in [3.63, 3.8) is 0 Å². The first-order valence-electron chi connectivity index (χ1n) is 10.5. The van der Waals surface area contributed by atoms with Crippen molar-refractivity contribution in [2.24, 2.45) is 0 Å². The van der Waals surface area contributed by atoms with Gasteiger partial charge in [0.15, 0.2) is 5.69 Å². The summed E-state index contributed by atoms with van der Waals surface area (Å²) in [5.41, 5.74) is -0.476. The molecule has 0 saturated carbocycles. The zero-order valence-corrected chi connectivity index (χ0v) is 18.4. The molecule has 174 valence electrons. The van der Waals surface area contributed by atoms with Gasteiger partial charge in [-0.3, -0.25) is 14.3 Å². The number of rotatable bonds is 6. The Bertz CT molecular complexity index is 946. The van der Waals surface area contributed by atoms with Crippen LogP contribution in [0.1, 0.15) is 47.9 Å². The molecule has 10 heteroatoms. The average Bonchev–Trinajstić information content (AvgIpc) is 3.24. The van der Waals surface area contributed by atoms with E-state index in [0.717, 1.165) is 22.2 Å². The Morgan fingerprint density at radius 2 is 1.66 bits per heavy atom. The number of methoxy groups -OCH3 is 1. The van der Waals surface area contributed by atoms with Crippen LogP contribution in [0.4, 0.5) is 13.2 Å². The van der Waals surface area contributed by atoms with Crippen molar-refractivity contribution in [3.05, 3.63) is 47.3 Å². The highest BCUT2D eigenvalue weighted by Crippen LogP contribution is 2.34. The Hall–Kier alpha value is -3.04. The summed E-state index contributed by atoms with van der Waals surface area (Å²) < 4.78 is 46.7. The third-order valence-electron chi connectivity index (χ3n) is 5.49. The molecule has 0 spiro atoms. The van der Waals surface area contributed by atoms with Crippen molar-refractivity contribution in [1.29, 1.82) is 0 Å². The van der Waals surface area contributed by atoms with Gasteiger partial charge in [0.25, 0.3) is 5.91 Å². The topological polar surface area (TPSA) is 67.7 Å². The van der Waals surface area contributed by atoms with Crippen LogP contribution in [0.25, 0.3) is 0 Å². The molecule has 1 aromatic carbocycles. The number of benzene rings is 1. The number of aryl methyl sites for hydroxylation is 1. The fraction of sp³-hybridized carbons (Fsp3) is 0.500. The average molecular weight is 452 g/mol. The van der Waals surface area contributed by atoms with E-state index >= 15 is 0 Å². The zero-order valence-electron chi connectivity index (χ0n) is 18.4. The number of carbonyl (C=O) groups is 2. The van der Waals surface area contributed by atoms with Gasteiger partial charge in [-0.1, -0.05) is 12.1 Å². The Morgan fingerprint density at radius 1 is 1.06 bits per heavy atom. The molecule has 1 fully saturated rings. The fourth-order valence-electron chi connectivity index (χ4n) is 3.72. The van der Waals surface area contributed by atoms with Crippen LogP contribution >= 0.6 is 0 Å². The van der Waals surface area contributed by atoms with E-state index < -0.39 is 29.4 Å². The van der Waals surface area contributed by atoms with Gasteiger partial charge < -0.3 is 14.5 Å². The van der Waals surface area contributed by atoms with Gasteiger partial charge in [-0.15, -0.1) is 0 Å². The van der Waals surface area contributed by atoms with Crippen LogP contribution in [-0.4, -0.2) is 64.7 Å². The Kier molecular flexibility index (Phi) is 7.10. The molecule has 1 aliphatic heterocycles. The zero-order chi connectivity index (χ0) is 23.5. The SMILES string of the molecule is COc1ccc(CCC(=O)N2CCN(C(=O)c3cnn(C(C)C)c3C(F)(F)F)CC2)cc1. The van der Waals surface area contributed by atoms with Gasteiger partial charge >= 0.3 is 6.18 Å². The number of halogens is 3. The molecule has 0 unspecified atom stereocenters. The monoisotopic (exact) mass is 452 g/mol. The molecule has 2 amide bonds. The maximum Gasteiger partial charge on any atom is 0.433 e. The first kappa shape index (κ1) is 23.6. The van der Waals surface area contributed by atoms with Gasteiger partial charge in [0.1, 0.15) is 5.75 Å². The van der Waals surface area contributed by atoms with E-state index in [9.17, 15) is 22.8 Å².